The van der Waals surface area contributed by atoms with Crippen LogP contribution in [0.3, 0.4) is 0 Å². The van der Waals surface area contributed by atoms with Crippen molar-refractivity contribution >= 4 is 28.8 Å². The van der Waals surface area contributed by atoms with E-state index in [0.29, 0.717) is 15.8 Å². The molecule has 1 aromatic heterocycles. The Kier molecular flexibility index (Phi) is 4.09. The first-order chi connectivity index (χ1) is 11.2. The van der Waals surface area contributed by atoms with Crippen molar-refractivity contribution in [1.82, 2.24) is 15.2 Å². The Morgan fingerprint density at radius 2 is 2.17 bits per heavy atom. The Morgan fingerprint density at radius 3 is 2.87 bits per heavy atom. The predicted molar refractivity (Wildman–Crippen MR) is 93.0 cm³/mol. The van der Waals surface area contributed by atoms with Gasteiger partial charge in [0.1, 0.15) is 9.88 Å². The van der Waals surface area contributed by atoms with Gasteiger partial charge in [0, 0.05) is 23.2 Å². The molecular formula is C17H18ClN3OS. The molecule has 2 bridgehead atoms. The van der Waals surface area contributed by atoms with E-state index in [0.717, 1.165) is 17.1 Å². The fourth-order valence-electron chi connectivity index (χ4n) is 3.50. The van der Waals surface area contributed by atoms with E-state index in [1.165, 1.54) is 37.3 Å². The molecule has 23 heavy (non-hydrogen) atoms. The number of aromatic nitrogens is 1. The maximum atomic E-state index is 12.5. The minimum atomic E-state index is -0.00507. The lowest BCUT2D eigenvalue weighted by atomic mass is 9.84. The highest BCUT2D eigenvalue weighted by atomic mass is 35.5. The number of piperidine rings is 3. The predicted octanol–water partition coefficient (Wildman–Crippen LogP) is 3.29. The molecule has 1 N–H and O–H groups in total. The van der Waals surface area contributed by atoms with E-state index in [9.17, 15) is 4.79 Å². The van der Waals surface area contributed by atoms with Gasteiger partial charge in [-0.15, -0.1) is 11.3 Å². The van der Waals surface area contributed by atoms with Crippen molar-refractivity contribution in [1.29, 1.82) is 0 Å². The van der Waals surface area contributed by atoms with E-state index < -0.39 is 0 Å². The minimum Gasteiger partial charge on any atom is -0.347 e. The first-order valence-electron chi connectivity index (χ1n) is 7.94. The van der Waals surface area contributed by atoms with E-state index in [4.69, 9.17) is 11.6 Å². The van der Waals surface area contributed by atoms with Crippen LogP contribution in [0.4, 0.5) is 0 Å². The van der Waals surface area contributed by atoms with Crippen LogP contribution in [0.1, 0.15) is 22.5 Å². The fourth-order valence-corrected chi connectivity index (χ4v) is 4.51. The molecule has 3 aliphatic heterocycles. The molecule has 0 spiro atoms. The van der Waals surface area contributed by atoms with Crippen LogP contribution in [0.5, 0.6) is 0 Å². The Labute approximate surface area is 144 Å². The van der Waals surface area contributed by atoms with E-state index in [-0.39, 0.29) is 11.9 Å². The molecule has 4 heterocycles. The Balaban J connectivity index is 1.47. The van der Waals surface area contributed by atoms with Crippen molar-refractivity contribution in [2.75, 3.05) is 19.6 Å². The van der Waals surface area contributed by atoms with Gasteiger partial charge < -0.3 is 10.2 Å². The number of benzene rings is 1. The second kappa shape index (κ2) is 6.23. The molecular weight excluding hydrogens is 330 g/mol. The zero-order valence-corrected chi connectivity index (χ0v) is 14.2. The normalized spacial score (nSPS) is 26.2. The average molecular weight is 348 g/mol. The monoisotopic (exact) mass is 347 g/mol. The van der Waals surface area contributed by atoms with Crippen molar-refractivity contribution in [3.8, 4) is 10.6 Å². The van der Waals surface area contributed by atoms with Gasteiger partial charge in [-0.1, -0.05) is 23.7 Å². The molecule has 0 saturated carbocycles. The smallest absolute Gasteiger partial charge is 0.263 e. The van der Waals surface area contributed by atoms with Crippen molar-refractivity contribution in [3.63, 3.8) is 0 Å². The van der Waals surface area contributed by atoms with Crippen LogP contribution in [0.2, 0.25) is 5.02 Å². The van der Waals surface area contributed by atoms with E-state index in [1.807, 2.05) is 24.3 Å². The van der Waals surface area contributed by atoms with E-state index in [1.54, 1.807) is 6.20 Å². The quantitative estimate of drug-likeness (QED) is 0.926. The molecule has 5 rings (SSSR count). The zero-order valence-electron chi connectivity index (χ0n) is 12.7. The third-order valence-corrected chi connectivity index (χ3v) is 6.05. The number of carbonyl (C=O) groups excluding carboxylic acids is 1. The maximum Gasteiger partial charge on any atom is 0.263 e. The summed E-state index contributed by atoms with van der Waals surface area (Å²) >= 11 is 7.44. The van der Waals surface area contributed by atoms with E-state index >= 15 is 0 Å². The third kappa shape index (κ3) is 3.13. The number of nitrogens with one attached hydrogen (secondary N) is 1. The lowest BCUT2D eigenvalue weighted by Gasteiger charge is -2.44. The van der Waals surface area contributed by atoms with Gasteiger partial charge in [-0.3, -0.25) is 4.79 Å². The van der Waals surface area contributed by atoms with Gasteiger partial charge in [0.25, 0.3) is 5.91 Å². The number of hydrogen-bond acceptors (Lipinski definition) is 4. The number of halogens is 1. The molecule has 3 aliphatic rings. The summed E-state index contributed by atoms with van der Waals surface area (Å²) in [5.41, 5.74) is 0.949. The van der Waals surface area contributed by atoms with Crippen molar-refractivity contribution < 1.29 is 4.79 Å². The van der Waals surface area contributed by atoms with Crippen LogP contribution < -0.4 is 5.32 Å². The van der Waals surface area contributed by atoms with Crippen LogP contribution >= 0.6 is 22.9 Å². The van der Waals surface area contributed by atoms with Crippen LogP contribution in [0.25, 0.3) is 10.6 Å². The molecule has 0 radical (unpaired) electrons. The molecule has 6 heteroatoms. The van der Waals surface area contributed by atoms with Crippen LogP contribution in [0.15, 0.2) is 30.5 Å². The topological polar surface area (TPSA) is 45.2 Å². The summed E-state index contributed by atoms with van der Waals surface area (Å²) < 4.78 is 0. The average Bonchev–Trinajstić information content (AvgIpc) is 3.06. The summed E-state index contributed by atoms with van der Waals surface area (Å²) in [4.78, 5) is 20.0. The van der Waals surface area contributed by atoms with Crippen LogP contribution in [0, 0.1) is 5.92 Å². The summed E-state index contributed by atoms with van der Waals surface area (Å²) in [5, 5.41) is 4.71. The van der Waals surface area contributed by atoms with Gasteiger partial charge in [-0.25, -0.2) is 4.98 Å². The molecule has 3 fully saturated rings. The summed E-state index contributed by atoms with van der Waals surface area (Å²) in [5.74, 6) is 0.624. The van der Waals surface area contributed by atoms with Gasteiger partial charge in [0.05, 0.1) is 6.20 Å². The Bertz CT molecular complexity index is 724. The highest BCUT2D eigenvalue weighted by molar-refractivity contribution is 7.16. The molecule has 1 atom stereocenters. The second-order valence-electron chi connectivity index (χ2n) is 6.26. The first-order valence-corrected chi connectivity index (χ1v) is 9.13. The number of rotatable bonds is 3. The van der Waals surface area contributed by atoms with Gasteiger partial charge >= 0.3 is 0 Å². The van der Waals surface area contributed by atoms with E-state index in [2.05, 4.69) is 15.2 Å². The second-order valence-corrected chi connectivity index (χ2v) is 7.73. The number of amides is 1. The lowest BCUT2D eigenvalue weighted by Crippen LogP contribution is -2.57. The summed E-state index contributed by atoms with van der Waals surface area (Å²) in [6, 6.07) is 7.84. The SMILES string of the molecule is O=C(N[C@H]1CN2CCC1CC2)c1cnc(-c2cccc(Cl)c2)s1. The molecule has 1 amide bonds. The molecule has 1 aromatic carbocycles. The van der Waals surface area contributed by atoms with Gasteiger partial charge in [0.15, 0.2) is 0 Å². The number of nitrogens with zero attached hydrogens (tertiary/aromatic N) is 2. The largest absolute Gasteiger partial charge is 0.347 e. The highest BCUT2D eigenvalue weighted by Gasteiger charge is 2.35. The highest BCUT2D eigenvalue weighted by Crippen LogP contribution is 2.29. The van der Waals surface area contributed by atoms with Crippen molar-refractivity contribution in [2.24, 2.45) is 5.92 Å². The maximum absolute atomic E-state index is 12.5. The van der Waals surface area contributed by atoms with Crippen molar-refractivity contribution in [3.05, 3.63) is 40.4 Å². The third-order valence-electron chi connectivity index (χ3n) is 4.77. The number of fused-ring (bicyclic) bond motifs is 3. The van der Waals surface area contributed by atoms with Crippen molar-refractivity contribution in [2.45, 2.75) is 18.9 Å². The fraction of sp³-hybridized carbons (Fsp3) is 0.412. The minimum absolute atomic E-state index is 0.00507. The van der Waals surface area contributed by atoms with Gasteiger partial charge in [0.2, 0.25) is 0 Å². The summed E-state index contributed by atoms with van der Waals surface area (Å²) in [6.45, 7) is 3.34. The molecule has 0 unspecified atom stereocenters. The number of carbonyl (C=O) groups is 1. The molecule has 2 aromatic rings. The molecule has 3 saturated heterocycles. The molecule has 0 aliphatic carbocycles. The van der Waals surface area contributed by atoms with Crippen LogP contribution in [-0.2, 0) is 0 Å². The van der Waals surface area contributed by atoms with Gasteiger partial charge in [-0.05, 0) is 44.0 Å². The lowest BCUT2D eigenvalue weighted by molar-refractivity contribution is 0.0622. The number of hydrogen-bond donors (Lipinski definition) is 1. The first kappa shape index (κ1) is 15.1. The summed E-state index contributed by atoms with van der Waals surface area (Å²) in [6.07, 6.45) is 4.06. The Hall–Kier alpha value is -1.43. The number of thiazole rings is 1. The molecule has 120 valence electrons. The van der Waals surface area contributed by atoms with Gasteiger partial charge in [-0.2, -0.15) is 0 Å². The molecule has 4 nitrogen and oxygen atoms in total. The standard InChI is InChI=1S/C17H18ClN3OS/c18-13-3-1-2-12(8-13)17-19-9-15(23-17)16(22)20-14-10-21-6-4-11(14)5-7-21/h1-3,8-9,11,14H,4-7,10H2,(H,20,22)/t14-/m0/s1. The summed E-state index contributed by atoms with van der Waals surface area (Å²) in [7, 11) is 0. The van der Waals surface area contributed by atoms with Crippen LogP contribution in [-0.4, -0.2) is 41.5 Å². The zero-order chi connectivity index (χ0) is 15.8. The Morgan fingerprint density at radius 1 is 1.35 bits per heavy atom.